The average Bonchev–Trinajstić information content (AvgIpc) is 3.50. The molecule has 0 aliphatic carbocycles. The fourth-order valence-corrected chi connectivity index (χ4v) is 3.62. The second kappa shape index (κ2) is 8.30. The number of fused-ring (bicyclic) bond motifs is 1. The number of aromatic nitrogens is 7. The first-order valence-electron chi connectivity index (χ1n) is 10.2. The van der Waals surface area contributed by atoms with Gasteiger partial charge in [-0.2, -0.15) is 5.10 Å². The van der Waals surface area contributed by atoms with E-state index < -0.39 is 5.82 Å². The van der Waals surface area contributed by atoms with Gasteiger partial charge in [0.15, 0.2) is 17.2 Å². The molecule has 0 saturated carbocycles. The first kappa shape index (κ1) is 20.6. The van der Waals surface area contributed by atoms with E-state index in [1.807, 2.05) is 26.2 Å². The molecular formula is C23H21FN8O. The van der Waals surface area contributed by atoms with Crippen molar-refractivity contribution < 1.29 is 9.13 Å². The Morgan fingerprint density at radius 2 is 2.03 bits per heavy atom. The van der Waals surface area contributed by atoms with Crippen LogP contribution in [0.5, 0.6) is 5.75 Å². The summed E-state index contributed by atoms with van der Waals surface area (Å²) in [4.78, 5) is 23.0. The van der Waals surface area contributed by atoms with Crippen molar-refractivity contribution in [2.75, 3.05) is 12.0 Å². The number of nitrogens with one attached hydrogen (secondary N) is 1. The van der Waals surface area contributed by atoms with E-state index in [2.05, 4.69) is 25.0 Å². The van der Waals surface area contributed by atoms with Crippen LogP contribution in [0.3, 0.4) is 0 Å². The van der Waals surface area contributed by atoms with Crippen molar-refractivity contribution in [1.82, 2.24) is 34.7 Å². The molecule has 1 aromatic carbocycles. The second-order valence-corrected chi connectivity index (χ2v) is 7.59. The summed E-state index contributed by atoms with van der Waals surface area (Å²) < 4.78 is 22.3. The quantitative estimate of drug-likeness (QED) is 0.424. The van der Waals surface area contributed by atoms with Gasteiger partial charge in [-0.1, -0.05) is 0 Å². The van der Waals surface area contributed by atoms with Gasteiger partial charge >= 0.3 is 0 Å². The van der Waals surface area contributed by atoms with Crippen molar-refractivity contribution >= 4 is 22.7 Å². The van der Waals surface area contributed by atoms with Gasteiger partial charge in [-0.25, -0.2) is 19.3 Å². The molecule has 0 aliphatic heterocycles. The lowest BCUT2D eigenvalue weighted by molar-refractivity contribution is 0.386. The lowest BCUT2D eigenvalue weighted by Crippen LogP contribution is -2.20. The first-order chi connectivity index (χ1) is 16.0. The highest BCUT2D eigenvalue weighted by Gasteiger charge is 2.21. The Morgan fingerprint density at radius 1 is 1.15 bits per heavy atom. The van der Waals surface area contributed by atoms with Crippen molar-refractivity contribution in [2.24, 2.45) is 7.05 Å². The van der Waals surface area contributed by atoms with E-state index in [-0.39, 0.29) is 12.3 Å². The molecular weight excluding hydrogens is 423 g/mol. The molecule has 0 unspecified atom stereocenters. The number of halogens is 1. The highest BCUT2D eigenvalue weighted by Crippen LogP contribution is 2.34. The van der Waals surface area contributed by atoms with E-state index in [0.29, 0.717) is 34.2 Å². The van der Waals surface area contributed by atoms with Crippen LogP contribution in [0.2, 0.25) is 0 Å². The molecule has 4 heterocycles. The molecule has 1 N–H and O–H groups in total. The topological polar surface area (TPSA) is 97.6 Å². The minimum absolute atomic E-state index is 0.161. The second-order valence-electron chi connectivity index (χ2n) is 7.59. The molecule has 5 aromatic rings. The molecule has 0 spiro atoms. The van der Waals surface area contributed by atoms with E-state index in [4.69, 9.17) is 9.72 Å². The molecule has 5 rings (SSSR count). The van der Waals surface area contributed by atoms with Crippen LogP contribution in [0.4, 0.5) is 15.9 Å². The average molecular weight is 444 g/mol. The van der Waals surface area contributed by atoms with Gasteiger partial charge < -0.3 is 14.6 Å². The number of imidazole rings is 1. The summed E-state index contributed by atoms with van der Waals surface area (Å²) in [6, 6.07) is 7.02. The number of H-pyrrole nitrogens is 1. The van der Waals surface area contributed by atoms with Crippen LogP contribution in [-0.2, 0) is 13.6 Å². The summed E-state index contributed by atoms with van der Waals surface area (Å²) in [5.41, 5.74) is 3.74. The molecule has 0 saturated heterocycles. The Balaban J connectivity index is 1.64. The number of hydrogen-bond acceptors (Lipinski definition) is 7. The number of benzene rings is 1. The molecule has 10 heteroatoms. The maximum atomic E-state index is 15.4. The number of methoxy groups -OCH3 is 1. The summed E-state index contributed by atoms with van der Waals surface area (Å²) >= 11 is 0. The Morgan fingerprint density at radius 3 is 2.76 bits per heavy atom. The number of nitrogens with zero attached hydrogens (tertiary/aromatic N) is 7. The highest BCUT2D eigenvalue weighted by atomic mass is 19.1. The monoisotopic (exact) mass is 444 g/mol. The van der Waals surface area contributed by atoms with Crippen molar-refractivity contribution in [2.45, 2.75) is 13.5 Å². The summed E-state index contributed by atoms with van der Waals surface area (Å²) in [5, 5.41) is 4.19. The number of ether oxygens (including phenoxy) is 1. The van der Waals surface area contributed by atoms with E-state index in [0.717, 1.165) is 11.1 Å². The molecule has 0 radical (unpaired) electrons. The fourth-order valence-electron chi connectivity index (χ4n) is 3.62. The third-order valence-corrected chi connectivity index (χ3v) is 5.21. The van der Waals surface area contributed by atoms with Gasteiger partial charge in [0, 0.05) is 31.2 Å². The van der Waals surface area contributed by atoms with E-state index >= 15 is 4.39 Å². The summed E-state index contributed by atoms with van der Waals surface area (Å²) in [6.07, 6.45) is 8.64. The molecule has 0 bridgehead atoms. The lowest BCUT2D eigenvalue weighted by Gasteiger charge is -2.24. The van der Waals surface area contributed by atoms with Crippen molar-refractivity contribution in [3.05, 3.63) is 72.5 Å². The van der Waals surface area contributed by atoms with Gasteiger partial charge in [-0.3, -0.25) is 9.67 Å². The number of hydrogen-bond donors (Lipinski definition) is 1. The van der Waals surface area contributed by atoms with Crippen LogP contribution in [-0.4, -0.2) is 41.8 Å². The van der Waals surface area contributed by atoms with E-state index in [9.17, 15) is 0 Å². The molecule has 9 nitrogen and oxygen atoms in total. The van der Waals surface area contributed by atoms with Crippen LogP contribution in [0, 0.1) is 12.7 Å². The fraction of sp³-hybridized carbons (Fsp3) is 0.174. The predicted octanol–water partition coefficient (Wildman–Crippen LogP) is 3.94. The summed E-state index contributed by atoms with van der Waals surface area (Å²) in [5.74, 6) is 0.843. The largest absolute Gasteiger partial charge is 0.494 e. The first-order valence-corrected chi connectivity index (χ1v) is 10.2. The number of aryl methyl sites for hydroxylation is 2. The van der Waals surface area contributed by atoms with Crippen LogP contribution < -0.4 is 9.64 Å². The van der Waals surface area contributed by atoms with Gasteiger partial charge in [0.2, 0.25) is 0 Å². The van der Waals surface area contributed by atoms with Crippen LogP contribution >= 0.6 is 0 Å². The molecule has 0 atom stereocenters. The summed E-state index contributed by atoms with van der Waals surface area (Å²) in [6.45, 7) is 2.15. The Bertz CT molecular complexity index is 1430. The third kappa shape index (κ3) is 3.98. The third-order valence-electron chi connectivity index (χ3n) is 5.21. The minimum atomic E-state index is -0.480. The highest BCUT2D eigenvalue weighted by molar-refractivity contribution is 5.77. The maximum Gasteiger partial charge on any atom is 0.188 e. The number of pyridine rings is 1. The van der Waals surface area contributed by atoms with Crippen molar-refractivity contribution in [3.8, 4) is 17.0 Å². The van der Waals surface area contributed by atoms with E-state index in [1.165, 1.54) is 7.11 Å². The Kier molecular flexibility index (Phi) is 5.17. The Labute approximate surface area is 188 Å². The standard InChI is InChI=1S/C23H21FN8O/c1-14-8-18(22(24)19(9-14)33-3)32(13-20-25-6-7-26-20)21-5-4-16-23(30-21)29-17(11-27-16)15-10-28-31(2)12-15/h4-12H,13H2,1-3H3,(H,25,26). The molecule has 0 amide bonds. The number of anilines is 2. The molecule has 0 fully saturated rings. The zero-order valence-electron chi connectivity index (χ0n) is 18.3. The Hall–Kier alpha value is -4.34. The molecule has 33 heavy (non-hydrogen) atoms. The number of rotatable bonds is 6. The van der Waals surface area contributed by atoms with Gasteiger partial charge in [0.25, 0.3) is 0 Å². The van der Waals surface area contributed by atoms with Gasteiger partial charge in [-0.15, -0.1) is 0 Å². The van der Waals surface area contributed by atoms with Crippen LogP contribution in [0.25, 0.3) is 22.4 Å². The molecule has 4 aromatic heterocycles. The van der Waals surface area contributed by atoms with Gasteiger partial charge in [0.1, 0.15) is 17.2 Å². The van der Waals surface area contributed by atoms with E-state index in [1.54, 1.807) is 52.6 Å². The van der Waals surface area contributed by atoms with Crippen LogP contribution in [0.15, 0.2) is 55.2 Å². The zero-order valence-corrected chi connectivity index (χ0v) is 18.3. The van der Waals surface area contributed by atoms with Crippen LogP contribution in [0.1, 0.15) is 11.4 Å². The molecule has 0 aliphatic rings. The van der Waals surface area contributed by atoms with Crippen molar-refractivity contribution in [3.63, 3.8) is 0 Å². The number of aromatic amines is 1. The SMILES string of the molecule is COc1cc(C)cc(N(Cc2ncc[nH]2)c2ccc3ncc(-c4cnn(C)c4)nc3n2)c1F. The zero-order chi connectivity index (χ0) is 22.9. The van der Waals surface area contributed by atoms with Gasteiger partial charge in [0.05, 0.1) is 37.4 Å². The summed E-state index contributed by atoms with van der Waals surface area (Å²) in [7, 11) is 3.29. The predicted molar refractivity (Wildman–Crippen MR) is 122 cm³/mol. The minimum Gasteiger partial charge on any atom is -0.494 e. The van der Waals surface area contributed by atoms with Crippen molar-refractivity contribution in [1.29, 1.82) is 0 Å². The maximum absolute atomic E-state index is 15.4. The smallest absolute Gasteiger partial charge is 0.188 e. The lowest BCUT2D eigenvalue weighted by atomic mass is 10.1. The molecule has 166 valence electrons. The normalized spacial score (nSPS) is 11.2. The van der Waals surface area contributed by atoms with Gasteiger partial charge in [-0.05, 0) is 36.8 Å².